The van der Waals surface area contributed by atoms with Gasteiger partial charge in [-0.05, 0) is 0 Å². The molecule has 0 bridgehead atoms. The van der Waals surface area contributed by atoms with Gasteiger partial charge >= 0.3 is 9.05 Å². The van der Waals surface area contributed by atoms with Crippen LogP contribution in [0.25, 0.3) is 0 Å². The molecule has 0 rings (SSSR count). The molecule has 0 amide bonds. The molecule has 0 aliphatic carbocycles. The highest BCUT2D eigenvalue weighted by molar-refractivity contribution is 6.53. The average Bonchev–Trinajstić information content (AvgIpc) is 2.13. The lowest BCUT2D eigenvalue weighted by Crippen LogP contribution is -2.45. The average molecular weight is 181 g/mol. The zero-order chi connectivity index (χ0) is 9.33. The van der Waals surface area contributed by atoms with Crippen molar-refractivity contribution in [1.82, 2.24) is 0 Å². The Morgan fingerprint density at radius 3 is 0.909 bits per heavy atom. The quantitative estimate of drug-likeness (QED) is 0.602. The number of rotatable bonds is 4. The minimum atomic E-state index is -2.69. The third-order valence-electron chi connectivity index (χ3n) is 1.00. The third-order valence-corrected chi connectivity index (χ3v) is 3.00. The van der Waals surface area contributed by atoms with Crippen molar-refractivity contribution >= 4 is 9.05 Å². The van der Waals surface area contributed by atoms with E-state index in [0.29, 0.717) is 0 Å². The van der Waals surface area contributed by atoms with Crippen LogP contribution in [-0.2, 0) is 17.7 Å². The molecular weight excluding hydrogens is 164 g/mol. The Bertz CT molecular complexity index is 57.5. The van der Waals surface area contributed by atoms with Gasteiger partial charge in [-0.25, -0.2) is 0 Å². The van der Waals surface area contributed by atoms with Crippen LogP contribution in [0.3, 0.4) is 0 Å². The summed E-state index contributed by atoms with van der Waals surface area (Å²) in [6, 6.07) is 0. The molecule has 0 aliphatic heterocycles. The van der Waals surface area contributed by atoms with Crippen molar-refractivity contribution in [2.24, 2.45) is 0 Å². The molecule has 0 saturated carbocycles. The Labute approximate surface area is 69.9 Å². The van der Waals surface area contributed by atoms with Gasteiger partial charge in [0, 0.05) is 28.4 Å². The molecule has 0 N–H and O–H groups in total. The van der Waals surface area contributed by atoms with Crippen molar-refractivity contribution in [2.75, 3.05) is 28.4 Å². The summed E-state index contributed by atoms with van der Waals surface area (Å²) in [5.74, 6) is 0. The number of hydrogen-bond acceptors (Lipinski definition) is 4. The van der Waals surface area contributed by atoms with Crippen molar-refractivity contribution in [3.8, 4) is 0 Å². The first-order chi connectivity index (χ1) is 5.24. The first-order valence-electron chi connectivity index (χ1n) is 3.16. The molecule has 0 heterocycles. The molecule has 0 aromatic rings. The van der Waals surface area contributed by atoms with E-state index in [1.165, 1.54) is 28.4 Å². The van der Waals surface area contributed by atoms with E-state index in [9.17, 15) is 0 Å². The minimum absolute atomic E-state index is 1.49. The maximum absolute atomic E-state index is 4.86. The van der Waals surface area contributed by atoms with Crippen molar-refractivity contribution in [3.63, 3.8) is 0 Å². The zero-order valence-corrected chi connectivity index (χ0v) is 8.84. The van der Waals surface area contributed by atoms with E-state index in [0.717, 1.165) is 0 Å². The highest BCUT2D eigenvalue weighted by atomic mass is 28.4. The highest BCUT2D eigenvalue weighted by Crippen LogP contribution is 2.04. The summed E-state index contributed by atoms with van der Waals surface area (Å²) in [7, 11) is 3.26. The largest absolute Gasteiger partial charge is 0.678 e. The van der Waals surface area contributed by atoms with Crippen molar-refractivity contribution < 1.29 is 17.7 Å². The van der Waals surface area contributed by atoms with Gasteiger partial charge in [0.15, 0.2) is 0 Å². The summed E-state index contributed by atoms with van der Waals surface area (Å²) < 4.78 is 19.4. The van der Waals surface area contributed by atoms with E-state index in [1.54, 1.807) is 6.92 Å². The van der Waals surface area contributed by atoms with Gasteiger partial charge in [-0.3, -0.25) is 0 Å². The summed E-state index contributed by atoms with van der Waals surface area (Å²) in [5, 5.41) is 0. The van der Waals surface area contributed by atoms with E-state index in [2.05, 4.69) is 6.92 Å². The summed E-state index contributed by atoms with van der Waals surface area (Å²) in [6.45, 7) is 5.00. The number of hydrogen-bond donors (Lipinski definition) is 0. The molecule has 0 spiro atoms. The molecule has 0 atom stereocenters. The maximum atomic E-state index is 4.86. The SMILES string of the molecule is CO[Si](OC)(OC)OC.[CH2]C. The summed E-state index contributed by atoms with van der Waals surface area (Å²) >= 11 is 0. The monoisotopic (exact) mass is 181 g/mol. The van der Waals surface area contributed by atoms with Gasteiger partial charge < -0.3 is 17.7 Å². The maximum Gasteiger partial charge on any atom is 0.678 e. The summed E-state index contributed by atoms with van der Waals surface area (Å²) in [4.78, 5) is 0. The van der Waals surface area contributed by atoms with Crippen LogP contribution in [0.4, 0.5) is 0 Å². The lowest BCUT2D eigenvalue weighted by Gasteiger charge is -2.19. The Hall–Kier alpha value is 0.0569. The fourth-order valence-corrected chi connectivity index (χ4v) is 1.50. The molecule has 0 saturated heterocycles. The molecule has 11 heavy (non-hydrogen) atoms. The van der Waals surface area contributed by atoms with Crippen LogP contribution in [-0.4, -0.2) is 37.5 Å². The molecule has 0 fully saturated rings. The van der Waals surface area contributed by atoms with Gasteiger partial charge in [0.25, 0.3) is 0 Å². The zero-order valence-electron chi connectivity index (χ0n) is 7.84. The smallest absolute Gasteiger partial charge is 0.355 e. The highest BCUT2D eigenvalue weighted by Gasteiger charge is 2.40. The first-order valence-corrected chi connectivity index (χ1v) is 4.79. The fourth-order valence-electron chi connectivity index (χ4n) is 0.500. The van der Waals surface area contributed by atoms with Crippen LogP contribution >= 0.6 is 0 Å². The molecule has 5 heteroatoms. The second-order valence-corrected chi connectivity index (χ2v) is 3.95. The van der Waals surface area contributed by atoms with Gasteiger partial charge in [-0.15, -0.1) is 0 Å². The molecule has 0 unspecified atom stereocenters. The lowest BCUT2D eigenvalue weighted by atomic mass is 11.0. The van der Waals surface area contributed by atoms with E-state index in [4.69, 9.17) is 17.7 Å². The predicted molar refractivity (Wildman–Crippen MR) is 44.8 cm³/mol. The normalized spacial score (nSPS) is 10.4. The Morgan fingerprint density at radius 2 is 0.909 bits per heavy atom. The summed E-state index contributed by atoms with van der Waals surface area (Å²) in [6.07, 6.45) is 0. The predicted octanol–water partition coefficient (Wildman–Crippen LogP) is 0.848. The molecule has 69 valence electrons. The third kappa shape index (κ3) is 4.49. The van der Waals surface area contributed by atoms with Gasteiger partial charge in [-0.2, -0.15) is 0 Å². The van der Waals surface area contributed by atoms with Gasteiger partial charge in [0.05, 0.1) is 0 Å². The first kappa shape index (κ1) is 13.6. The molecule has 4 nitrogen and oxygen atoms in total. The standard InChI is InChI=1S/C4H12O4Si.C2H5/c1-5-9(6-2,7-3)8-4;1-2/h1-4H3;1H2,2H3. The van der Waals surface area contributed by atoms with E-state index in [-0.39, 0.29) is 0 Å². The topological polar surface area (TPSA) is 36.9 Å². The Morgan fingerprint density at radius 1 is 0.727 bits per heavy atom. The van der Waals surface area contributed by atoms with E-state index in [1.807, 2.05) is 0 Å². The Balaban J connectivity index is 0. The second kappa shape index (κ2) is 8.16. The van der Waals surface area contributed by atoms with Crippen molar-refractivity contribution in [3.05, 3.63) is 6.92 Å². The van der Waals surface area contributed by atoms with Gasteiger partial charge in [-0.1, -0.05) is 13.8 Å². The van der Waals surface area contributed by atoms with Gasteiger partial charge in [0.1, 0.15) is 0 Å². The van der Waals surface area contributed by atoms with Crippen molar-refractivity contribution in [1.29, 1.82) is 0 Å². The molecule has 0 aliphatic rings. The second-order valence-electron chi connectivity index (χ2n) is 1.32. The molecule has 0 aromatic carbocycles. The fraction of sp³-hybridized carbons (Fsp3) is 0.833. The molecule has 0 aromatic heterocycles. The lowest BCUT2D eigenvalue weighted by molar-refractivity contribution is 0.0226. The van der Waals surface area contributed by atoms with Crippen LogP contribution in [0.2, 0.25) is 0 Å². The van der Waals surface area contributed by atoms with Crippen LogP contribution in [0.5, 0.6) is 0 Å². The Kier molecular flexibility index (Phi) is 10.1. The van der Waals surface area contributed by atoms with Gasteiger partial charge in [0.2, 0.25) is 0 Å². The van der Waals surface area contributed by atoms with Crippen LogP contribution < -0.4 is 0 Å². The van der Waals surface area contributed by atoms with E-state index < -0.39 is 9.05 Å². The minimum Gasteiger partial charge on any atom is -0.355 e. The van der Waals surface area contributed by atoms with E-state index >= 15 is 0 Å². The van der Waals surface area contributed by atoms with Crippen LogP contribution in [0.1, 0.15) is 6.92 Å². The molecular formula is C6H17O4Si. The van der Waals surface area contributed by atoms with Crippen molar-refractivity contribution in [2.45, 2.75) is 6.92 Å². The molecule has 1 radical (unpaired) electrons. The van der Waals surface area contributed by atoms with Crippen LogP contribution in [0, 0.1) is 6.92 Å². The summed E-state index contributed by atoms with van der Waals surface area (Å²) in [5.41, 5.74) is 0. The van der Waals surface area contributed by atoms with Crippen LogP contribution in [0.15, 0.2) is 0 Å².